The average molecular weight is 662 g/mol. The molecule has 5 rings (SSSR count). The molecule has 2 amide bonds. The van der Waals surface area contributed by atoms with E-state index in [1.165, 1.54) is 24.4 Å². The minimum atomic E-state index is -4.75. The number of rotatable bonds is 7. The van der Waals surface area contributed by atoms with Crippen molar-refractivity contribution in [2.24, 2.45) is 11.8 Å². The molecule has 0 aliphatic carbocycles. The van der Waals surface area contributed by atoms with Gasteiger partial charge in [-0.1, -0.05) is 6.08 Å². The van der Waals surface area contributed by atoms with Crippen LogP contribution in [0.2, 0.25) is 0 Å². The van der Waals surface area contributed by atoms with Gasteiger partial charge in [0.25, 0.3) is 0 Å². The van der Waals surface area contributed by atoms with Gasteiger partial charge in [-0.05, 0) is 58.0 Å². The summed E-state index contributed by atoms with van der Waals surface area (Å²) in [5.41, 5.74) is 1.54. The van der Waals surface area contributed by atoms with Crippen LogP contribution in [0.5, 0.6) is 0 Å². The lowest BCUT2D eigenvalue weighted by Gasteiger charge is -2.44. The second-order valence-corrected chi connectivity index (χ2v) is 12.3. The smallest absolute Gasteiger partial charge is 0.393 e. The van der Waals surface area contributed by atoms with Crippen LogP contribution in [-0.2, 0) is 14.3 Å². The Morgan fingerprint density at radius 3 is 2.51 bits per heavy atom. The number of hydrogen-bond acceptors (Lipinski definition) is 9. The van der Waals surface area contributed by atoms with Crippen LogP contribution in [0.4, 0.5) is 34.9 Å². The lowest BCUT2D eigenvalue weighted by atomic mass is 9.84. The minimum absolute atomic E-state index is 0.0878. The van der Waals surface area contributed by atoms with E-state index >= 15 is 4.39 Å². The summed E-state index contributed by atoms with van der Waals surface area (Å²) in [6.07, 6.45) is -1.97. The summed E-state index contributed by atoms with van der Waals surface area (Å²) in [5, 5.41) is 5.07. The molecule has 2 aromatic rings. The molecule has 4 atom stereocenters. The summed E-state index contributed by atoms with van der Waals surface area (Å²) in [6.45, 7) is 7.20. The van der Waals surface area contributed by atoms with Crippen LogP contribution in [0.25, 0.3) is 5.57 Å². The van der Waals surface area contributed by atoms with E-state index in [2.05, 4.69) is 25.5 Å². The number of nitrogens with one attached hydrogen (secondary N) is 2. The third kappa shape index (κ3) is 7.50. The SMILES string of the molecule is CCOC(=O)c1ccnc(N2CC=C(c3cc(NC(=O)C4CNC(=O)CC4C(F)(F)F)c(N4C[C@@H](C)N(C)[C@@H](C)C4)cc3F)CC2)n1. The lowest BCUT2D eigenvalue weighted by molar-refractivity contribution is -0.197. The third-order valence-corrected chi connectivity index (χ3v) is 9.18. The van der Waals surface area contributed by atoms with Crippen LogP contribution in [0.3, 0.4) is 0 Å². The van der Waals surface area contributed by atoms with Gasteiger partial charge in [-0.3, -0.25) is 14.5 Å². The molecular weight excluding hydrogens is 622 g/mol. The van der Waals surface area contributed by atoms with Gasteiger partial charge in [0.05, 0.1) is 29.8 Å². The highest BCUT2D eigenvalue weighted by Gasteiger charge is 2.50. The normalized spacial score (nSPS) is 24.0. The van der Waals surface area contributed by atoms with Crippen molar-refractivity contribution in [2.75, 3.05) is 61.5 Å². The molecule has 0 spiro atoms. The van der Waals surface area contributed by atoms with Crippen LogP contribution >= 0.6 is 0 Å². The van der Waals surface area contributed by atoms with Crippen molar-refractivity contribution in [3.63, 3.8) is 0 Å². The number of likely N-dealkylation sites (N-methyl/N-ethyl adjacent to an activating group) is 1. The molecule has 2 fully saturated rings. The number of piperazine rings is 1. The van der Waals surface area contributed by atoms with E-state index in [0.717, 1.165) is 0 Å². The Morgan fingerprint density at radius 2 is 1.87 bits per heavy atom. The first-order valence-electron chi connectivity index (χ1n) is 15.7. The summed E-state index contributed by atoms with van der Waals surface area (Å²) in [4.78, 5) is 51.9. The van der Waals surface area contributed by atoms with Gasteiger partial charge >= 0.3 is 12.1 Å². The second-order valence-electron chi connectivity index (χ2n) is 12.3. The van der Waals surface area contributed by atoms with Crippen LogP contribution in [-0.4, -0.2) is 97.3 Å². The number of hydrogen-bond donors (Lipinski definition) is 2. The average Bonchev–Trinajstić information content (AvgIpc) is 3.03. The first-order valence-corrected chi connectivity index (χ1v) is 15.7. The van der Waals surface area contributed by atoms with E-state index in [-0.39, 0.29) is 35.6 Å². The number of ether oxygens (including phenoxy) is 1. The van der Waals surface area contributed by atoms with Crippen molar-refractivity contribution in [1.29, 1.82) is 0 Å². The number of piperidine rings is 1. The molecule has 4 heterocycles. The standard InChI is InChI=1S/C32H39F4N7O4/c1-5-47-30(46)25-6-9-37-31(40-25)42-10-7-20(8-11-42)21-12-26(27(14-24(21)33)43-16-18(2)41(4)19(3)17-43)39-29(45)22-15-38-28(44)13-23(22)32(34,35)36/h6-7,9,12,14,18-19,22-23H,5,8,10-11,13,15-17H2,1-4H3,(H,38,44)(H,39,45)/t18-,19+,22?,23?. The molecule has 2 saturated heterocycles. The molecule has 2 N–H and O–H groups in total. The highest BCUT2D eigenvalue weighted by molar-refractivity contribution is 5.98. The zero-order chi connectivity index (χ0) is 34.0. The maximum atomic E-state index is 16.0. The molecule has 2 unspecified atom stereocenters. The first kappa shape index (κ1) is 34.1. The number of esters is 1. The molecule has 3 aliphatic rings. The second kappa shape index (κ2) is 13.8. The molecule has 254 valence electrons. The van der Waals surface area contributed by atoms with Crippen molar-refractivity contribution in [2.45, 2.75) is 51.9 Å². The Hall–Kier alpha value is -4.27. The van der Waals surface area contributed by atoms with E-state index in [1.54, 1.807) is 13.0 Å². The molecule has 0 bridgehead atoms. The fraction of sp³-hybridized carbons (Fsp3) is 0.531. The zero-order valence-corrected chi connectivity index (χ0v) is 26.7. The zero-order valence-electron chi connectivity index (χ0n) is 26.7. The number of amides is 2. The van der Waals surface area contributed by atoms with Crippen molar-refractivity contribution in [3.8, 4) is 0 Å². The van der Waals surface area contributed by atoms with Gasteiger partial charge < -0.3 is 25.2 Å². The maximum absolute atomic E-state index is 16.0. The molecular formula is C32H39F4N7O4. The van der Waals surface area contributed by atoms with Gasteiger partial charge in [-0.15, -0.1) is 0 Å². The Morgan fingerprint density at radius 1 is 1.15 bits per heavy atom. The summed E-state index contributed by atoms with van der Waals surface area (Å²) in [5.74, 6) is -6.14. The summed E-state index contributed by atoms with van der Waals surface area (Å²) in [6, 6.07) is 4.45. The molecule has 11 nitrogen and oxygen atoms in total. The Balaban J connectivity index is 1.45. The highest BCUT2D eigenvalue weighted by atomic mass is 19.4. The topological polar surface area (TPSA) is 120 Å². The molecule has 0 saturated carbocycles. The number of carbonyl (C=O) groups excluding carboxylic acids is 3. The molecule has 1 aromatic carbocycles. The van der Waals surface area contributed by atoms with Gasteiger partial charge in [0.1, 0.15) is 5.82 Å². The Labute approximate surface area is 270 Å². The maximum Gasteiger partial charge on any atom is 0.393 e. The number of halogens is 4. The number of alkyl halides is 3. The van der Waals surface area contributed by atoms with Crippen LogP contribution in [0, 0.1) is 17.7 Å². The quantitative estimate of drug-likeness (QED) is 0.337. The molecule has 15 heteroatoms. The van der Waals surface area contributed by atoms with Crippen LogP contribution < -0.4 is 20.4 Å². The van der Waals surface area contributed by atoms with Gasteiger partial charge in [0, 0.05) is 63.0 Å². The molecule has 3 aliphatic heterocycles. The number of carbonyl (C=O) groups is 3. The number of aromatic nitrogens is 2. The predicted molar refractivity (Wildman–Crippen MR) is 167 cm³/mol. The fourth-order valence-electron chi connectivity index (χ4n) is 6.31. The summed E-state index contributed by atoms with van der Waals surface area (Å²) >= 11 is 0. The van der Waals surface area contributed by atoms with Gasteiger partial charge in [-0.25, -0.2) is 19.2 Å². The minimum Gasteiger partial charge on any atom is -0.461 e. The third-order valence-electron chi connectivity index (χ3n) is 9.18. The van der Waals surface area contributed by atoms with E-state index in [9.17, 15) is 27.6 Å². The number of benzene rings is 1. The van der Waals surface area contributed by atoms with Crippen molar-refractivity contribution in [1.82, 2.24) is 20.2 Å². The predicted octanol–water partition coefficient (Wildman–Crippen LogP) is 3.87. The monoisotopic (exact) mass is 661 g/mol. The van der Waals surface area contributed by atoms with E-state index in [1.807, 2.05) is 30.7 Å². The Bertz CT molecular complexity index is 1540. The number of anilines is 3. The van der Waals surface area contributed by atoms with Crippen molar-refractivity contribution < 1.29 is 36.7 Å². The lowest BCUT2D eigenvalue weighted by Crippen LogP contribution is -2.55. The van der Waals surface area contributed by atoms with Gasteiger partial charge in [0.15, 0.2) is 5.69 Å². The van der Waals surface area contributed by atoms with Crippen molar-refractivity contribution >= 4 is 40.7 Å². The molecule has 0 radical (unpaired) electrons. The summed E-state index contributed by atoms with van der Waals surface area (Å²) in [7, 11) is 1.99. The van der Waals surface area contributed by atoms with E-state index in [4.69, 9.17) is 4.74 Å². The van der Waals surface area contributed by atoms with Crippen LogP contribution in [0.15, 0.2) is 30.5 Å². The van der Waals surface area contributed by atoms with Gasteiger partial charge in [0.2, 0.25) is 17.8 Å². The summed E-state index contributed by atoms with van der Waals surface area (Å²) < 4.78 is 62.7. The molecule has 47 heavy (non-hydrogen) atoms. The van der Waals surface area contributed by atoms with Crippen molar-refractivity contribution in [3.05, 3.63) is 47.5 Å². The van der Waals surface area contributed by atoms with Gasteiger partial charge in [-0.2, -0.15) is 13.2 Å². The van der Waals surface area contributed by atoms with Crippen LogP contribution in [0.1, 0.15) is 49.7 Å². The Kier molecular flexibility index (Phi) is 10.0. The highest BCUT2D eigenvalue weighted by Crippen LogP contribution is 2.39. The number of nitrogens with zero attached hydrogens (tertiary/aromatic N) is 5. The first-order chi connectivity index (χ1) is 22.3. The van der Waals surface area contributed by atoms with E-state index in [0.29, 0.717) is 49.8 Å². The van der Waals surface area contributed by atoms with E-state index < -0.39 is 54.6 Å². The molecule has 1 aromatic heterocycles. The fourth-order valence-corrected chi connectivity index (χ4v) is 6.31. The largest absolute Gasteiger partial charge is 0.461 e.